The molecule has 0 radical (unpaired) electrons. The first-order valence-corrected chi connectivity index (χ1v) is 12.7. The number of likely N-dealkylation sites (N-methyl/N-ethyl adjacent to an activating group) is 1. The summed E-state index contributed by atoms with van der Waals surface area (Å²) in [5.74, 6) is 0.545. The van der Waals surface area contributed by atoms with E-state index in [-0.39, 0.29) is 6.03 Å². The molecule has 2 fully saturated rings. The standard InChI is InChI=1S/C28H37N5O/c1-23(21-31-16-14-30(15-17-31)18-20-32-19-13-29(2)28(32)34)22-33-26-9-5-3-7-24(26)11-12-25-8-4-6-10-27(25)33/h3-12,23H,13-22H2,1-2H3. The van der Waals surface area contributed by atoms with E-state index in [1.165, 1.54) is 22.5 Å². The van der Waals surface area contributed by atoms with Crippen LogP contribution in [0.2, 0.25) is 0 Å². The molecule has 1 unspecified atom stereocenters. The van der Waals surface area contributed by atoms with E-state index in [0.29, 0.717) is 5.92 Å². The summed E-state index contributed by atoms with van der Waals surface area (Å²) < 4.78 is 0. The van der Waals surface area contributed by atoms with Gasteiger partial charge in [0, 0.05) is 83.9 Å². The van der Waals surface area contributed by atoms with Crippen LogP contribution in [0, 0.1) is 5.92 Å². The van der Waals surface area contributed by atoms with Gasteiger partial charge >= 0.3 is 6.03 Å². The van der Waals surface area contributed by atoms with Gasteiger partial charge in [0.25, 0.3) is 0 Å². The lowest BCUT2D eigenvalue weighted by Gasteiger charge is -2.37. The highest BCUT2D eigenvalue weighted by Crippen LogP contribution is 2.36. The molecule has 34 heavy (non-hydrogen) atoms. The van der Waals surface area contributed by atoms with Gasteiger partial charge in [-0.05, 0) is 29.2 Å². The average Bonchev–Trinajstić information content (AvgIpc) is 3.09. The number of nitrogens with zero attached hydrogens (tertiary/aromatic N) is 5. The van der Waals surface area contributed by atoms with Gasteiger partial charge in [0.1, 0.15) is 0 Å². The Morgan fingerprint density at radius 1 is 0.735 bits per heavy atom. The van der Waals surface area contributed by atoms with Crippen molar-refractivity contribution in [1.82, 2.24) is 19.6 Å². The minimum absolute atomic E-state index is 0.180. The van der Waals surface area contributed by atoms with Crippen molar-refractivity contribution in [3.8, 4) is 0 Å². The molecular formula is C28H37N5O. The molecule has 6 heteroatoms. The van der Waals surface area contributed by atoms with Crippen molar-refractivity contribution in [2.24, 2.45) is 5.92 Å². The molecule has 0 spiro atoms. The predicted molar refractivity (Wildman–Crippen MR) is 140 cm³/mol. The summed E-state index contributed by atoms with van der Waals surface area (Å²) in [6, 6.07) is 17.6. The van der Waals surface area contributed by atoms with E-state index in [9.17, 15) is 4.79 Å². The molecule has 2 aromatic rings. The van der Waals surface area contributed by atoms with Crippen LogP contribution >= 0.6 is 0 Å². The number of carbonyl (C=O) groups is 1. The van der Waals surface area contributed by atoms with Crippen LogP contribution in [0.25, 0.3) is 12.2 Å². The Balaban J connectivity index is 1.15. The third kappa shape index (κ3) is 4.98. The maximum Gasteiger partial charge on any atom is 0.319 e. The van der Waals surface area contributed by atoms with Gasteiger partial charge in [0.05, 0.1) is 0 Å². The summed E-state index contributed by atoms with van der Waals surface area (Å²) in [6.07, 6.45) is 4.48. The Bertz CT molecular complexity index is 979. The molecule has 0 bridgehead atoms. The van der Waals surface area contributed by atoms with Gasteiger partial charge in [-0.1, -0.05) is 55.5 Å². The van der Waals surface area contributed by atoms with Gasteiger partial charge in [-0.15, -0.1) is 0 Å². The highest BCUT2D eigenvalue weighted by Gasteiger charge is 2.27. The van der Waals surface area contributed by atoms with Gasteiger partial charge in [-0.2, -0.15) is 0 Å². The molecule has 3 heterocycles. The zero-order valence-electron chi connectivity index (χ0n) is 20.6. The lowest BCUT2D eigenvalue weighted by atomic mass is 10.1. The third-order valence-corrected chi connectivity index (χ3v) is 7.42. The minimum atomic E-state index is 0.180. The summed E-state index contributed by atoms with van der Waals surface area (Å²) >= 11 is 0. The molecule has 180 valence electrons. The Morgan fingerprint density at radius 3 is 1.91 bits per heavy atom. The van der Waals surface area contributed by atoms with E-state index in [1.54, 1.807) is 0 Å². The van der Waals surface area contributed by atoms with Crippen LogP contribution in [0.1, 0.15) is 18.1 Å². The van der Waals surface area contributed by atoms with Crippen LogP contribution in [0.5, 0.6) is 0 Å². The second kappa shape index (κ2) is 10.2. The summed E-state index contributed by atoms with van der Waals surface area (Å²) in [6.45, 7) is 12.4. The maximum absolute atomic E-state index is 12.1. The van der Waals surface area contributed by atoms with Crippen LogP contribution in [-0.4, -0.2) is 98.1 Å². The second-order valence-electron chi connectivity index (χ2n) is 10.0. The fraction of sp³-hybridized carbons (Fsp3) is 0.464. The highest BCUT2D eigenvalue weighted by atomic mass is 16.2. The Labute approximate surface area is 204 Å². The van der Waals surface area contributed by atoms with Crippen molar-refractivity contribution in [3.05, 3.63) is 59.7 Å². The third-order valence-electron chi connectivity index (χ3n) is 7.42. The number of urea groups is 1. The van der Waals surface area contributed by atoms with Crippen LogP contribution in [0.4, 0.5) is 16.2 Å². The van der Waals surface area contributed by atoms with E-state index >= 15 is 0 Å². The molecule has 3 aliphatic heterocycles. The number of rotatable bonds is 7. The highest BCUT2D eigenvalue weighted by molar-refractivity contribution is 5.88. The monoisotopic (exact) mass is 459 g/mol. The summed E-state index contributed by atoms with van der Waals surface area (Å²) in [4.78, 5) is 23.5. The fourth-order valence-corrected chi connectivity index (χ4v) is 5.43. The molecule has 2 amide bonds. The molecule has 0 saturated carbocycles. The quantitative estimate of drug-likeness (QED) is 0.628. The summed E-state index contributed by atoms with van der Waals surface area (Å²) in [5.41, 5.74) is 5.15. The van der Waals surface area contributed by atoms with Crippen LogP contribution in [-0.2, 0) is 0 Å². The van der Waals surface area contributed by atoms with Gasteiger partial charge < -0.3 is 19.6 Å². The maximum atomic E-state index is 12.1. The first-order valence-electron chi connectivity index (χ1n) is 12.7. The molecule has 0 aromatic heterocycles. The number of piperazine rings is 1. The second-order valence-corrected chi connectivity index (χ2v) is 10.0. The lowest BCUT2D eigenvalue weighted by molar-refractivity contribution is 0.114. The van der Waals surface area contributed by atoms with E-state index < -0.39 is 0 Å². The molecule has 2 saturated heterocycles. The van der Waals surface area contributed by atoms with Gasteiger partial charge in [-0.25, -0.2) is 4.79 Å². The SMILES string of the molecule is CC(CN1CCN(CCN2CCN(C)C2=O)CC1)CN1c2ccccc2C=Cc2ccccc21. The summed E-state index contributed by atoms with van der Waals surface area (Å²) in [7, 11) is 1.89. The Morgan fingerprint density at radius 2 is 1.32 bits per heavy atom. The van der Waals surface area contributed by atoms with E-state index in [0.717, 1.165) is 65.4 Å². The Kier molecular flexibility index (Phi) is 6.88. The zero-order chi connectivity index (χ0) is 23.5. The molecule has 6 nitrogen and oxygen atoms in total. The topological polar surface area (TPSA) is 33.3 Å². The first-order chi connectivity index (χ1) is 16.6. The lowest BCUT2D eigenvalue weighted by Crippen LogP contribution is -2.50. The number of hydrogen-bond acceptors (Lipinski definition) is 4. The number of carbonyl (C=O) groups excluding carboxylic acids is 1. The number of benzene rings is 2. The molecular weight excluding hydrogens is 422 g/mol. The molecule has 1 atom stereocenters. The summed E-state index contributed by atoms with van der Waals surface area (Å²) in [5, 5.41) is 0. The van der Waals surface area contributed by atoms with Gasteiger partial charge in [-0.3, -0.25) is 4.90 Å². The molecule has 3 aliphatic rings. The molecule has 0 aliphatic carbocycles. The number of fused-ring (bicyclic) bond motifs is 2. The number of para-hydroxylation sites is 2. The van der Waals surface area contributed by atoms with Crippen molar-refractivity contribution in [2.45, 2.75) is 6.92 Å². The number of amides is 2. The largest absolute Gasteiger partial charge is 0.340 e. The van der Waals surface area contributed by atoms with E-state index in [4.69, 9.17) is 0 Å². The average molecular weight is 460 g/mol. The van der Waals surface area contributed by atoms with E-state index in [1.807, 2.05) is 16.8 Å². The van der Waals surface area contributed by atoms with Crippen molar-refractivity contribution >= 4 is 29.6 Å². The Hall–Kier alpha value is -2.83. The van der Waals surface area contributed by atoms with Crippen LogP contribution in [0.3, 0.4) is 0 Å². The number of hydrogen-bond donors (Lipinski definition) is 0. The number of anilines is 2. The smallest absolute Gasteiger partial charge is 0.319 e. The fourth-order valence-electron chi connectivity index (χ4n) is 5.43. The first kappa shape index (κ1) is 22.9. The molecule has 5 rings (SSSR count). The van der Waals surface area contributed by atoms with E-state index in [2.05, 4.69) is 82.3 Å². The van der Waals surface area contributed by atoms with Crippen molar-refractivity contribution in [1.29, 1.82) is 0 Å². The minimum Gasteiger partial charge on any atom is -0.340 e. The normalized spacial score (nSPS) is 19.8. The van der Waals surface area contributed by atoms with Crippen LogP contribution in [0.15, 0.2) is 48.5 Å². The zero-order valence-corrected chi connectivity index (χ0v) is 20.6. The molecule has 0 N–H and O–H groups in total. The predicted octanol–water partition coefficient (Wildman–Crippen LogP) is 3.93. The van der Waals surface area contributed by atoms with Crippen molar-refractivity contribution in [2.75, 3.05) is 77.4 Å². The van der Waals surface area contributed by atoms with Crippen molar-refractivity contribution in [3.63, 3.8) is 0 Å². The van der Waals surface area contributed by atoms with Crippen molar-refractivity contribution < 1.29 is 4.79 Å². The van der Waals surface area contributed by atoms with Gasteiger partial charge in [0.15, 0.2) is 0 Å². The van der Waals surface area contributed by atoms with Gasteiger partial charge in [0.2, 0.25) is 0 Å². The molecule has 2 aromatic carbocycles. The van der Waals surface area contributed by atoms with Crippen LogP contribution < -0.4 is 4.90 Å².